The number of benzene rings is 1. The maximum Gasteiger partial charge on any atom is 0.0708 e. The third kappa shape index (κ3) is 3.33. The molecule has 0 saturated carbocycles. The fourth-order valence-corrected chi connectivity index (χ4v) is 2.71. The smallest absolute Gasteiger partial charge is 0.0708 e. The van der Waals surface area contributed by atoms with Crippen molar-refractivity contribution in [2.24, 2.45) is 0 Å². The normalized spacial score (nSPS) is 24.1. The molecule has 0 aliphatic carbocycles. The van der Waals surface area contributed by atoms with Crippen molar-refractivity contribution in [1.82, 2.24) is 5.32 Å². The van der Waals surface area contributed by atoms with Gasteiger partial charge in [-0.05, 0) is 51.7 Å². The highest BCUT2D eigenvalue weighted by molar-refractivity contribution is 5.28. The van der Waals surface area contributed by atoms with Gasteiger partial charge in [0.2, 0.25) is 0 Å². The predicted octanol–water partition coefficient (Wildman–Crippen LogP) is 3.60. The van der Waals surface area contributed by atoms with E-state index in [9.17, 15) is 0 Å². The molecule has 1 aliphatic rings. The second-order valence-electron chi connectivity index (χ2n) is 6.02. The summed E-state index contributed by atoms with van der Waals surface area (Å²) in [5.74, 6) is 0. The van der Waals surface area contributed by atoms with E-state index in [1.807, 2.05) is 0 Å². The van der Waals surface area contributed by atoms with Crippen LogP contribution in [0.3, 0.4) is 0 Å². The standard InChI is InChI=1S/C16H25NO/c1-12-7-5-6-8-15(12)13(2)17-11-14-9-10-16(3,4)18-14/h5-8,13-14,17H,9-11H2,1-4H3. The lowest BCUT2D eigenvalue weighted by atomic mass is 10.0. The van der Waals surface area contributed by atoms with E-state index in [0.717, 1.165) is 13.0 Å². The Morgan fingerprint density at radius 1 is 1.39 bits per heavy atom. The Hall–Kier alpha value is -0.860. The average Bonchev–Trinajstić information content (AvgIpc) is 2.66. The summed E-state index contributed by atoms with van der Waals surface area (Å²) in [6.07, 6.45) is 2.70. The summed E-state index contributed by atoms with van der Waals surface area (Å²) in [7, 11) is 0. The van der Waals surface area contributed by atoms with E-state index in [4.69, 9.17) is 4.74 Å². The van der Waals surface area contributed by atoms with Gasteiger partial charge in [-0.1, -0.05) is 24.3 Å². The molecule has 2 rings (SSSR count). The van der Waals surface area contributed by atoms with Crippen LogP contribution in [0.4, 0.5) is 0 Å². The fourth-order valence-electron chi connectivity index (χ4n) is 2.71. The average molecular weight is 247 g/mol. The zero-order chi connectivity index (χ0) is 13.2. The van der Waals surface area contributed by atoms with Crippen LogP contribution in [0.15, 0.2) is 24.3 Å². The molecule has 1 aromatic rings. The topological polar surface area (TPSA) is 21.3 Å². The van der Waals surface area contributed by atoms with Crippen LogP contribution in [-0.2, 0) is 4.74 Å². The predicted molar refractivity (Wildman–Crippen MR) is 75.8 cm³/mol. The highest BCUT2D eigenvalue weighted by atomic mass is 16.5. The molecule has 1 heterocycles. The summed E-state index contributed by atoms with van der Waals surface area (Å²) >= 11 is 0. The third-order valence-corrected chi connectivity index (χ3v) is 3.86. The molecule has 1 aromatic carbocycles. The van der Waals surface area contributed by atoms with E-state index < -0.39 is 0 Å². The Kier molecular flexibility index (Phi) is 4.08. The molecular formula is C16H25NO. The molecule has 1 saturated heterocycles. The SMILES string of the molecule is Cc1ccccc1C(C)NCC1CCC(C)(C)O1. The van der Waals surface area contributed by atoms with Gasteiger partial charge in [0.05, 0.1) is 11.7 Å². The third-order valence-electron chi connectivity index (χ3n) is 3.86. The molecule has 1 N–H and O–H groups in total. The summed E-state index contributed by atoms with van der Waals surface area (Å²) in [6, 6.07) is 8.96. The van der Waals surface area contributed by atoms with Crippen LogP contribution in [0.1, 0.15) is 50.8 Å². The second-order valence-corrected chi connectivity index (χ2v) is 6.02. The molecule has 0 bridgehead atoms. The molecule has 1 fully saturated rings. The first-order valence-electron chi connectivity index (χ1n) is 6.95. The lowest BCUT2D eigenvalue weighted by molar-refractivity contribution is -0.0150. The molecular weight excluding hydrogens is 222 g/mol. The maximum atomic E-state index is 6.00. The fraction of sp³-hybridized carbons (Fsp3) is 0.625. The molecule has 2 unspecified atom stereocenters. The molecule has 100 valence electrons. The van der Waals surface area contributed by atoms with Crippen LogP contribution in [0.2, 0.25) is 0 Å². The number of rotatable bonds is 4. The van der Waals surface area contributed by atoms with Crippen molar-refractivity contribution in [3.8, 4) is 0 Å². The van der Waals surface area contributed by atoms with Crippen molar-refractivity contribution < 1.29 is 4.74 Å². The first-order valence-corrected chi connectivity index (χ1v) is 6.95. The molecule has 0 radical (unpaired) electrons. The number of ether oxygens (including phenoxy) is 1. The summed E-state index contributed by atoms with van der Waals surface area (Å²) in [5.41, 5.74) is 2.80. The van der Waals surface area contributed by atoms with E-state index in [1.54, 1.807) is 0 Å². The first kappa shape index (κ1) is 13.6. The van der Waals surface area contributed by atoms with Crippen LogP contribution in [0.5, 0.6) is 0 Å². The summed E-state index contributed by atoms with van der Waals surface area (Å²) in [4.78, 5) is 0. The van der Waals surface area contributed by atoms with Crippen LogP contribution in [-0.4, -0.2) is 18.2 Å². The van der Waals surface area contributed by atoms with E-state index in [2.05, 4.69) is 57.3 Å². The second kappa shape index (κ2) is 5.41. The van der Waals surface area contributed by atoms with Gasteiger partial charge in [-0.25, -0.2) is 0 Å². The summed E-state index contributed by atoms with van der Waals surface area (Å²) in [5, 5.41) is 3.59. The van der Waals surface area contributed by atoms with Crippen molar-refractivity contribution in [1.29, 1.82) is 0 Å². The number of hydrogen-bond acceptors (Lipinski definition) is 2. The van der Waals surface area contributed by atoms with Gasteiger partial charge in [-0.15, -0.1) is 0 Å². The highest BCUT2D eigenvalue weighted by Gasteiger charge is 2.31. The molecule has 2 atom stereocenters. The molecule has 1 aliphatic heterocycles. The number of aryl methyl sites for hydroxylation is 1. The van der Waals surface area contributed by atoms with Crippen LogP contribution in [0, 0.1) is 6.92 Å². The van der Waals surface area contributed by atoms with Crippen molar-refractivity contribution >= 4 is 0 Å². The van der Waals surface area contributed by atoms with Crippen LogP contribution >= 0.6 is 0 Å². The van der Waals surface area contributed by atoms with E-state index in [1.165, 1.54) is 17.5 Å². The van der Waals surface area contributed by atoms with Gasteiger partial charge in [0.25, 0.3) is 0 Å². The minimum absolute atomic E-state index is 0.0677. The Labute approximate surface area is 111 Å². The van der Waals surface area contributed by atoms with Gasteiger partial charge >= 0.3 is 0 Å². The summed E-state index contributed by atoms with van der Waals surface area (Å²) in [6.45, 7) is 9.69. The monoisotopic (exact) mass is 247 g/mol. The van der Waals surface area contributed by atoms with Gasteiger partial charge in [0, 0.05) is 12.6 Å². The largest absolute Gasteiger partial charge is 0.371 e. The zero-order valence-corrected chi connectivity index (χ0v) is 12.0. The minimum atomic E-state index is 0.0677. The minimum Gasteiger partial charge on any atom is -0.371 e. The Balaban J connectivity index is 1.86. The van der Waals surface area contributed by atoms with Crippen LogP contribution < -0.4 is 5.32 Å². The van der Waals surface area contributed by atoms with Gasteiger partial charge < -0.3 is 10.1 Å². The number of hydrogen-bond donors (Lipinski definition) is 1. The van der Waals surface area contributed by atoms with Crippen molar-refractivity contribution in [2.75, 3.05) is 6.54 Å². The van der Waals surface area contributed by atoms with Gasteiger partial charge in [-0.2, -0.15) is 0 Å². The number of nitrogens with one attached hydrogen (secondary N) is 1. The van der Waals surface area contributed by atoms with E-state index in [0.29, 0.717) is 12.1 Å². The molecule has 0 spiro atoms. The van der Waals surface area contributed by atoms with Gasteiger partial charge in [0.15, 0.2) is 0 Å². The molecule has 2 heteroatoms. The summed E-state index contributed by atoms with van der Waals surface area (Å²) < 4.78 is 6.00. The lowest BCUT2D eigenvalue weighted by Crippen LogP contribution is -2.31. The Bertz CT molecular complexity index is 400. The van der Waals surface area contributed by atoms with Gasteiger partial charge in [-0.3, -0.25) is 0 Å². The quantitative estimate of drug-likeness (QED) is 0.877. The first-order chi connectivity index (χ1) is 8.48. The maximum absolute atomic E-state index is 6.00. The van der Waals surface area contributed by atoms with Crippen molar-refractivity contribution in [3.63, 3.8) is 0 Å². The van der Waals surface area contributed by atoms with E-state index >= 15 is 0 Å². The molecule has 18 heavy (non-hydrogen) atoms. The molecule has 0 amide bonds. The molecule has 2 nitrogen and oxygen atoms in total. The highest BCUT2D eigenvalue weighted by Crippen LogP contribution is 2.29. The lowest BCUT2D eigenvalue weighted by Gasteiger charge is -2.22. The van der Waals surface area contributed by atoms with Crippen molar-refractivity contribution in [2.45, 2.75) is 58.3 Å². The van der Waals surface area contributed by atoms with Gasteiger partial charge in [0.1, 0.15) is 0 Å². The molecule has 0 aromatic heterocycles. The van der Waals surface area contributed by atoms with Crippen molar-refractivity contribution in [3.05, 3.63) is 35.4 Å². The van der Waals surface area contributed by atoms with E-state index in [-0.39, 0.29) is 5.60 Å². The zero-order valence-electron chi connectivity index (χ0n) is 12.0. The van der Waals surface area contributed by atoms with Crippen LogP contribution in [0.25, 0.3) is 0 Å². The Morgan fingerprint density at radius 3 is 2.72 bits per heavy atom. The Morgan fingerprint density at radius 2 is 2.11 bits per heavy atom.